The van der Waals surface area contributed by atoms with Gasteiger partial charge in [0.05, 0.1) is 18.4 Å². The number of amides is 2. The summed E-state index contributed by atoms with van der Waals surface area (Å²) >= 11 is 0. The zero-order chi connectivity index (χ0) is 11.0. The van der Waals surface area contributed by atoms with Crippen LogP contribution in [-0.2, 0) is 14.4 Å². The molecular weight excluding hydrogens is 200 g/mol. The Morgan fingerprint density at radius 2 is 2.07 bits per heavy atom. The van der Waals surface area contributed by atoms with Crippen molar-refractivity contribution >= 4 is 17.8 Å². The van der Waals surface area contributed by atoms with Crippen molar-refractivity contribution in [3.63, 3.8) is 0 Å². The van der Waals surface area contributed by atoms with E-state index in [-0.39, 0.29) is 30.2 Å². The minimum Gasteiger partial charge on any atom is -0.480 e. The average molecular weight is 212 g/mol. The van der Waals surface area contributed by atoms with Crippen LogP contribution in [0.2, 0.25) is 0 Å². The largest absolute Gasteiger partial charge is 0.480 e. The molecule has 0 saturated carbocycles. The number of likely N-dealkylation sites (tertiary alicyclic amines) is 1. The van der Waals surface area contributed by atoms with Crippen molar-refractivity contribution < 1.29 is 19.5 Å². The van der Waals surface area contributed by atoms with E-state index in [2.05, 4.69) is 5.32 Å². The molecule has 0 radical (unpaired) electrons. The van der Waals surface area contributed by atoms with Crippen LogP contribution < -0.4 is 5.32 Å². The summed E-state index contributed by atoms with van der Waals surface area (Å²) < 4.78 is 0. The van der Waals surface area contributed by atoms with Crippen LogP contribution in [0.3, 0.4) is 0 Å². The number of imide groups is 1. The van der Waals surface area contributed by atoms with Crippen molar-refractivity contribution in [2.75, 3.05) is 19.6 Å². The molecule has 15 heavy (non-hydrogen) atoms. The second kappa shape index (κ2) is 3.62. The second-order valence-electron chi connectivity index (χ2n) is 3.98. The van der Waals surface area contributed by atoms with Crippen molar-refractivity contribution in [1.82, 2.24) is 10.2 Å². The maximum absolute atomic E-state index is 11.3. The molecule has 0 spiro atoms. The number of hydrogen-bond donors (Lipinski definition) is 2. The molecule has 2 unspecified atom stereocenters. The van der Waals surface area contributed by atoms with Crippen LogP contribution >= 0.6 is 0 Å². The lowest BCUT2D eigenvalue weighted by molar-refractivity contribution is -0.139. The molecule has 0 aromatic rings. The van der Waals surface area contributed by atoms with Gasteiger partial charge in [-0.1, -0.05) is 0 Å². The van der Waals surface area contributed by atoms with Gasteiger partial charge in [0.25, 0.3) is 0 Å². The van der Waals surface area contributed by atoms with E-state index in [1.165, 1.54) is 0 Å². The molecule has 0 aromatic heterocycles. The number of carboxylic acid groups (broad SMARTS) is 1. The summed E-state index contributed by atoms with van der Waals surface area (Å²) in [5, 5.41) is 10.9. The lowest BCUT2D eigenvalue weighted by Gasteiger charge is -2.30. The van der Waals surface area contributed by atoms with Crippen LogP contribution in [0, 0.1) is 11.8 Å². The molecule has 0 aromatic carbocycles. The third-order valence-electron chi connectivity index (χ3n) is 2.98. The zero-order valence-corrected chi connectivity index (χ0v) is 8.10. The summed E-state index contributed by atoms with van der Waals surface area (Å²) in [6.07, 6.45) is 0.565. The van der Waals surface area contributed by atoms with Crippen molar-refractivity contribution in [3.05, 3.63) is 0 Å². The predicted octanol–water partition coefficient (Wildman–Crippen LogP) is -1.33. The minimum atomic E-state index is -0.904. The summed E-state index contributed by atoms with van der Waals surface area (Å²) in [5.74, 6) is -1.98. The standard InChI is InChI=1S/C9H12N2O4/c12-7(13)4-11-2-1-5-6(3-11)9(15)10-8(5)14/h5-6H,1-4H2,(H,12,13)(H,10,14,15). The number of carbonyl (C=O) groups is 3. The Hall–Kier alpha value is -1.43. The summed E-state index contributed by atoms with van der Waals surface area (Å²) in [6.45, 7) is 0.868. The van der Waals surface area contributed by atoms with Gasteiger partial charge in [-0.3, -0.25) is 24.6 Å². The van der Waals surface area contributed by atoms with Crippen molar-refractivity contribution in [2.24, 2.45) is 11.8 Å². The van der Waals surface area contributed by atoms with Gasteiger partial charge < -0.3 is 5.11 Å². The number of hydrogen-bond acceptors (Lipinski definition) is 4. The highest BCUT2D eigenvalue weighted by molar-refractivity contribution is 6.05. The van der Waals surface area contributed by atoms with Crippen molar-refractivity contribution in [1.29, 1.82) is 0 Å². The zero-order valence-electron chi connectivity index (χ0n) is 8.10. The first kappa shape index (κ1) is 10.1. The van der Waals surface area contributed by atoms with E-state index >= 15 is 0 Å². The van der Waals surface area contributed by atoms with Crippen molar-refractivity contribution in [2.45, 2.75) is 6.42 Å². The Morgan fingerprint density at radius 3 is 2.73 bits per heavy atom. The number of carbonyl (C=O) groups excluding carboxylic acids is 2. The molecular formula is C9H12N2O4. The van der Waals surface area contributed by atoms with Gasteiger partial charge in [-0.25, -0.2) is 0 Å². The number of fused-ring (bicyclic) bond motifs is 1. The topological polar surface area (TPSA) is 86.7 Å². The van der Waals surface area contributed by atoms with Crippen LogP contribution in [0.4, 0.5) is 0 Å². The highest BCUT2D eigenvalue weighted by atomic mass is 16.4. The highest BCUT2D eigenvalue weighted by Gasteiger charge is 2.44. The van der Waals surface area contributed by atoms with E-state index in [1.807, 2.05) is 0 Å². The van der Waals surface area contributed by atoms with E-state index in [0.29, 0.717) is 19.5 Å². The summed E-state index contributed by atoms with van der Waals surface area (Å²) in [4.78, 5) is 34.8. The SMILES string of the molecule is O=C(O)CN1CCC2C(=O)NC(=O)C2C1. The molecule has 2 rings (SSSR count). The molecule has 2 saturated heterocycles. The molecule has 2 N–H and O–H groups in total. The predicted molar refractivity (Wildman–Crippen MR) is 48.8 cm³/mol. The smallest absolute Gasteiger partial charge is 0.317 e. The summed E-state index contributed by atoms with van der Waals surface area (Å²) in [5.41, 5.74) is 0. The first-order valence-electron chi connectivity index (χ1n) is 4.87. The van der Waals surface area contributed by atoms with E-state index in [9.17, 15) is 14.4 Å². The monoisotopic (exact) mass is 212 g/mol. The maximum Gasteiger partial charge on any atom is 0.317 e. The molecule has 2 amide bonds. The van der Waals surface area contributed by atoms with E-state index < -0.39 is 5.97 Å². The molecule has 2 aliphatic heterocycles. The van der Waals surface area contributed by atoms with E-state index in [1.54, 1.807) is 4.90 Å². The minimum absolute atomic E-state index is 0.0648. The van der Waals surface area contributed by atoms with E-state index in [4.69, 9.17) is 5.11 Å². The molecule has 2 fully saturated rings. The van der Waals surface area contributed by atoms with Crippen LogP contribution in [-0.4, -0.2) is 47.4 Å². The Balaban J connectivity index is 2.02. The van der Waals surface area contributed by atoms with Gasteiger partial charge in [0, 0.05) is 6.54 Å². The molecule has 0 bridgehead atoms. The Kier molecular flexibility index (Phi) is 2.44. The van der Waals surface area contributed by atoms with Crippen LogP contribution in [0.25, 0.3) is 0 Å². The second-order valence-corrected chi connectivity index (χ2v) is 3.98. The van der Waals surface area contributed by atoms with Crippen molar-refractivity contribution in [3.8, 4) is 0 Å². The number of aliphatic carboxylic acids is 1. The first-order chi connectivity index (χ1) is 7.08. The third-order valence-corrected chi connectivity index (χ3v) is 2.98. The molecule has 0 aliphatic carbocycles. The van der Waals surface area contributed by atoms with Crippen LogP contribution in [0.15, 0.2) is 0 Å². The maximum atomic E-state index is 11.3. The number of rotatable bonds is 2. The normalized spacial score (nSPS) is 31.2. The molecule has 2 heterocycles. The molecule has 6 nitrogen and oxygen atoms in total. The van der Waals surface area contributed by atoms with Gasteiger partial charge in [0.1, 0.15) is 0 Å². The summed E-state index contributed by atoms with van der Waals surface area (Å²) in [6, 6.07) is 0. The lowest BCUT2D eigenvalue weighted by Crippen LogP contribution is -2.43. The molecule has 82 valence electrons. The fourth-order valence-electron chi connectivity index (χ4n) is 2.24. The number of nitrogens with one attached hydrogen (secondary N) is 1. The average Bonchev–Trinajstić information content (AvgIpc) is 2.41. The summed E-state index contributed by atoms with van der Waals surface area (Å²) in [7, 11) is 0. The third kappa shape index (κ3) is 1.85. The van der Waals surface area contributed by atoms with Crippen LogP contribution in [0.1, 0.15) is 6.42 Å². The molecule has 2 atom stereocenters. The number of piperidine rings is 1. The van der Waals surface area contributed by atoms with Gasteiger partial charge in [-0.15, -0.1) is 0 Å². The lowest BCUT2D eigenvalue weighted by atomic mass is 9.88. The van der Waals surface area contributed by atoms with E-state index in [0.717, 1.165) is 0 Å². The van der Waals surface area contributed by atoms with Gasteiger partial charge in [-0.2, -0.15) is 0 Å². The number of carboxylic acids is 1. The van der Waals surface area contributed by atoms with Gasteiger partial charge in [0.15, 0.2) is 0 Å². The van der Waals surface area contributed by atoms with Crippen LogP contribution in [0.5, 0.6) is 0 Å². The fraction of sp³-hybridized carbons (Fsp3) is 0.667. The van der Waals surface area contributed by atoms with Gasteiger partial charge in [0.2, 0.25) is 11.8 Å². The first-order valence-corrected chi connectivity index (χ1v) is 4.87. The van der Waals surface area contributed by atoms with Gasteiger partial charge in [-0.05, 0) is 13.0 Å². The highest BCUT2D eigenvalue weighted by Crippen LogP contribution is 2.28. The Labute approximate surface area is 86.2 Å². The Morgan fingerprint density at radius 1 is 1.40 bits per heavy atom. The van der Waals surface area contributed by atoms with Gasteiger partial charge >= 0.3 is 5.97 Å². The quantitative estimate of drug-likeness (QED) is 0.553. The fourth-order valence-corrected chi connectivity index (χ4v) is 2.24. The number of nitrogens with zero attached hydrogens (tertiary/aromatic N) is 1. The Bertz CT molecular complexity index is 328. The molecule has 2 aliphatic rings. The molecule has 6 heteroatoms.